The molecule has 0 bridgehead atoms. The lowest BCUT2D eigenvalue weighted by Crippen LogP contribution is -1.87. The molecule has 0 saturated carbocycles. The van der Waals surface area contributed by atoms with Crippen LogP contribution < -0.4 is 0 Å². The molecule has 2 nitrogen and oxygen atoms in total. The number of aromatic amines is 1. The van der Waals surface area contributed by atoms with Gasteiger partial charge in [-0.2, -0.15) is 4.39 Å². The third kappa shape index (κ3) is 2.70. The van der Waals surface area contributed by atoms with Gasteiger partial charge in [0.1, 0.15) is 5.82 Å². The fourth-order valence-electron chi connectivity index (χ4n) is 1.01. The number of hydrogen-bond donors (Lipinski definition) is 1. The zero-order valence-electron chi connectivity index (χ0n) is 6.73. The Morgan fingerprint density at radius 2 is 2.36 bits per heavy atom. The average Bonchev–Trinajstić information content (AvgIpc) is 2.37. The highest BCUT2D eigenvalue weighted by Crippen LogP contribution is 2.02. The number of aryl methyl sites for hydroxylation is 1. The molecule has 0 aromatic carbocycles. The maximum absolute atomic E-state index is 12.3. The van der Waals surface area contributed by atoms with Crippen LogP contribution in [0.25, 0.3) is 0 Å². The van der Waals surface area contributed by atoms with E-state index in [2.05, 4.69) is 16.9 Å². The normalized spacial score (nSPS) is 10.4. The lowest BCUT2D eigenvalue weighted by atomic mass is 10.2. The van der Waals surface area contributed by atoms with Crippen molar-refractivity contribution in [2.24, 2.45) is 0 Å². The number of nitrogens with zero attached hydrogens (tertiary/aromatic N) is 1. The van der Waals surface area contributed by atoms with Crippen LogP contribution in [0.1, 0.15) is 32.0 Å². The number of rotatable bonds is 4. The van der Waals surface area contributed by atoms with E-state index in [1.807, 2.05) is 0 Å². The van der Waals surface area contributed by atoms with Crippen molar-refractivity contribution in [1.82, 2.24) is 9.97 Å². The van der Waals surface area contributed by atoms with Crippen LogP contribution >= 0.6 is 0 Å². The van der Waals surface area contributed by atoms with E-state index in [0.717, 1.165) is 18.7 Å². The van der Waals surface area contributed by atoms with E-state index in [0.29, 0.717) is 0 Å². The Kier molecular flexibility index (Phi) is 3.08. The fraction of sp³-hybridized carbons (Fsp3) is 0.625. The van der Waals surface area contributed by atoms with Gasteiger partial charge in [-0.3, -0.25) is 0 Å². The van der Waals surface area contributed by atoms with E-state index >= 15 is 0 Å². The van der Waals surface area contributed by atoms with E-state index in [1.165, 1.54) is 19.0 Å². The summed E-state index contributed by atoms with van der Waals surface area (Å²) in [5.41, 5.74) is 0. The Morgan fingerprint density at radius 3 is 2.91 bits per heavy atom. The summed E-state index contributed by atoms with van der Waals surface area (Å²) in [6.45, 7) is 2.14. The van der Waals surface area contributed by atoms with Crippen LogP contribution in [0, 0.1) is 5.95 Å². The van der Waals surface area contributed by atoms with Crippen LogP contribution in [0.2, 0.25) is 0 Å². The third-order valence-corrected chi connectivity index (χ3v) is 1.62. The first-order valence-corrected chi connectivity index (χ1v) is 4.02. The zero-order valence-corrected chi connectivity index (χ0v) is 6.73. The van der Waals surface area contributed by atoms with Crippen molar-refractivity contribution >= 4 is 0 Å². The van der Waals surface area contributed by atoms with Crippen molar-refractivity contribution in [2.75, 3.05) is 0 Å². The quantitative estimate of drug-likeness (QED) is 0.665. The van der Waals surface area contributed by atoms with Crippen molar-refractivity contribution in [3.8, 4) is 0 Å². The van der Waals surface area contributed by atoms with Gasteiger partial charge in [-0.15, -0.1) is 0 Å². The molecule has 1 aromatic heterocycles. The topological polar surface area (TPSA) is 28.7 Å². The van der Waals surface area contributed by atoms with Crippen LogP contribution in [-0.2, 0) is 6.42 Å². The minimum atomic E-state index is -0.406. The first kappa shape index (κ1) is 8.24. The van der Waals surface area contributed by atoms with Crippen LogP contribution in [0.3, 0.4) is 0 Å². The standard InChI is InChI=1S/C8H13FN2/c1-2-3-4-5-8-10-6-7(9)11-8/h6H,2-5H2,1H3,(H,10,11). The van der Waals surface area contributed by atoms with Crippen LogP contribution in [0.15, 0.2) is 6.20 Å². The molecule has 1 aromatic rings. The molecule has 0 aliphatic rings. The Balaban J connectivity index is 2.27. The predicted octanol–water partition coefficient (Wildman–Crippen LogP) is 2.28. The molecule has 3 heteroatoms. The molecule has 0 unspecified atom stereocenters. The van der Waals surface area contributed by atoms with Gasteiger partial charge in [0.2, 0.25) is 5.95 Å². The van der Waals surface area contributed by atoms with Crippen molar-refractivity contribution in [3.05, 3.63) is 18.0 Å². The van der Waals surface area contributed by atoms with Crippen molar-refractivity contribution in [3.63, 3.8) is 0 Å². The van der Waals surface area contributed by atoms with E-state index in [9.17, 15) is 4.39 Å². The summed E-state index contributed by atoms with van der Waals surface area (Å²) in [5, 5.41) is 0. The van der Waals surface area contributed by atoms with Gasteiger partial charge in [-0.1, -0.05) is 19.8 Å². The zero-order chi connectivity index (χ0) is 8.10. The Bertz CT molecular complexity index is 208. The monoisotopic (exact) mass is 156 g/mol. The lowest BCUT2D eigenvalue weighted by molar-refractivity contribution is 0.584. The minimum Gasteiger partial charge on any atom is -0.346 e. The summed E-state index contributed by atoms with van der Waals surface area (Å²) < 4.78 is 12.3. The molecule has 1 N–H and O–H groups in total. The number of imidazole rings is 1. The number of H-pyrrole nitrogens is 1. The number of halogens is 1. The summed E-state index contributed by atoms with van der Waals surface area (Å²) in [6, 6.07) is 0. The van der Waals surface area contributed by atoms with Gasteiger partial charge >= 0.3 is 0 Å². The number of aromatic nitrogens is 2. The SMILES string of the molecule is CCCCCc1nc(F)c[nH]1. The second-order valence-corrected chi connectivity index (χ2v) is 2.63. The maximum Gasteiger partial charge on any atom is 0.230 e. The molecule has 1 rings (SSSR count). The summed E-state index contributed by atoms with van der Waals surface area (Å²) in [5.74, 6) is 0.354. The molecule has 1 heterocycles. The van der Waals surface area contributed by atoms with Gasteiger partial charge in [0.25, 0.3) is 0 Å². The molecular weight excluding hydrogens is 143 g/mol. The third-order valence-electron chi connectivity index (χ3n) is 1.62. The Morgan fingerprint density at radius 1 is 1.55 bits per heavy atom. The van der Waals surface area contributed by atoms with Gasteiger partial charge in [-0.05, 0) is 6.42 Å². The second-order valence-electron chi connectivity index (χ2n) is 2.63. The highest BCUT2D eigenvalue weighted by Gasteiger charge is 1.97. The Hall–Kier alpha value is -0.860. The smallest absolute Gasteiger partial charge is 0.230 e. The van der Waals surface area contributed by atoms with Crippen LogP contribution in [0.5, 0.6) is 0 Å². The molecule has 62 valence electrons. The fourth-order valence-corrected chi connectivity index (χ4v) is 1.01. The van der Waals surface area contributed by atoms with Crippen LogP contribution in [-0.4, -0.2) is 9.97 Å². The van der Waals surface area contributed by atoms with Gasteiger partial charge in [0, 0.05) is 6.42 Å². The summed E-state index contributed by atoms with van der Waals surface area (Å²) >= 11 is 0. The first-order valence-electron chi connectivity index (χ1n) is 4.02. The van der Waals surface area contributed by atoms with Crippen molar-refractivity contribution in [1.29, 1.82) is 0 Å². The molecule has 0 atom stereocenters. The highest BCUT2D eigenvalue weighted by molar-refractivity contribution is 4.88. The van der Waals surface area contributed by atoms with E-state index in [1.54, 1.807) is 0 Å². The maximum atomic E-state index is 12.3. The molecule has 0 aliphatic heterocycles. The minimum absolute atomic E-state index is 0.406. The Labute approximate surface area is 65.9 Å². The van der Waals surface area contributed by atoms with E-state index < -0.39 is 5.95 Å². The largest absolute Gasteiger partial charge is 0.346 e. The molecule has 0 amide bonds. The van der Waals surface area contributed by atoms with Gasteiger partial charge in [0.05, 0.1) is 6.20 Å². The molecule has 0 fully saturated rings. The van der Waals surface area contributed by atoms with Gasteiger partial charge < -0.3 is 4.98 Å². The first-order chi connectivity index (χ1) is 5.33. The van der Waals surface area contributed by atoms with E-state index in [4.69, 9.17) is 0 Å². The summed E-state index contributed by atoms with van der Waals surface area (Å²) in [4.78, 5) is 6.44. The lowest BCUT2D eigenvalue weighted by Gasteiger charge is -1.93. The summed E-state index contributed by atoms with van der Waals surface area (Å²) in [7, 11) is 0. The highest BCUT2D eigenvalue weighted by atomic mass is 19.1. The number of hydrogen-bond acceptors (Lipinski definition) is 1. The number of nitrogens with one attached hydrogen (secondary N) is 1. The second kappa shape index (κ2) is 4.11. The average molecular weight is 156 g/mol. The van der Waals surface area contributed by atoms with Crippen LogP contribution in [0.4, 0.5) is 4.39 Å². The molecular formula is C8H13FN2. The van der Waals surface area contributed by atoms with Crippen molar-refractivity contribution in [2.45, 2.75) is 32.6 Å². The van der Waals surface area contributed by atoms with E-state index in [-0.39, 0.29) is 0 Å². The molecule has 0 saturated heterocycles. The molecule has 0 aliphatic carbocycles. The molecule has 0 spiro atoms. The van der Waals surface area contributed by atoms with Crippen molar-refractivity contribution < 1.29 is 4.39 Å². The van der Waals surface area contributed by atoms with Gasteiger partial charge in [0.15, 0.2) is 0 Å². The number of unbranched alkanes of at least 4 members (excludes halogenated alkanes) is 2. The molecule has 0 radical (unpaired) electrons. The van der Waals surface area contributed by atoms with Gasteiger partial charge in [-0.25, -0.2) is 4.98 Å². The predicted molar refractivity (Wildman–Crippen MR) is 41.8 cm³/mol. The summed E-state index contributed by atoms with van der Waals surface area (Å²) in [6.07, 6.45) is 5.61. The molecule has 11 heavy (non-hydrogen) atoms.